The number of hydrogen-bond donors (Lipinski definition) is 1. The van der Waals surface area contributed by atoms with E-state index in [4.69, 9.17) is 27.9 Å². The Bertz CT molecular complexity index is 1220. The van der Waals surface area contributed by atoms with Crippen molar-refractivity contribution in [2.45, 2.75) is 39.7 Å². The van der Waals surface area contributed by atoms with Crippen LogP contribution in [0.25, 0.3) is 5.76 Å². The van der Waals surface area contributed by atoms with Crippen molar-refractivity contribution in [2.75, 3.05) is 17.3 Å². The highest BCUT2D eigenvalue weighted by Gasteiger charge is 2.43. The predicted octanol–water partition coefficient (Wildman–Crippen LogP) is 6.77. The van der Waals surface area contributed by atoms with Crippen molar-refractivity contribution in [3.8, 4) is 0 Å². The number of ether oxygens (including phenoxy) is 1. The van der Waals surface area contributed by atoms with Crippen molar-refractivity contribution in [1.82, 2.24) is 0 Å². The van der Waals surface area contributed by atoms with Crippen LogP contribution >= 0.6 is 23.2 Å². The molecule has 0 radical (unpaired) electrons. The van der Waals surface area contributed by atoms with Gasteiger partial charge < -0.3 is 10.1 Å². The van der Waals surface area contributed by atoms with Crippen molar-refractivity contribution >= 4 is 52.0 Å². The van der Waals surface area contributed by atoms with Crippen LogP contribution in [0.2, 0.25) is 10.0 Å². The van der Waals surface area contributed by atoms with Gasteiger partial charge in [0.1, 0.15) is 5.76 Å². The van der Waals surface area contributed by atoms with Crippen LogP contribution in [0.4, 0.5) is 11.4 Å². The van der Waals surface area contributed by atoms with Gasteiger partial charge in [-0.25, -0.2) is 0 Å². The summed E-state index contributed by atoms with van der Waals surface area (Å²) in [5.74, 6) is 0.286. The molecule has 0 aromatic heterocycles. The van der Waals surface area contributed by atoms with E-state index >= 15 is 0 Å². The summed E-state index contributed by atoms with van der Waals surface area (Å²) >= 11 is 12.8. The lowest BCUT2D eigenvalue weighted by molar-refractivity contribution is -0.118. The number of ketones is 1. The van der Waals surface area contributed by atoms with Gasteiger partial charge in [0.2, 0.25) is 5.91 Å². The molecular formula is C26H26Cl2N2O3. The second-order valence-electron chi connectivity index (χ2n) is 9.27. The molecule has 1 aliphatic carbocycles. The van der Waals surface area contributed by atoms with E-state index in [-0.39, 0.29) is 17.1 Å². The fraction of sp³-hybridized carbons (Fsp3) is 0.308. The minimum atomic E-state index is -0.684. The number of fused-ring (bicyclic) bond motifs is 1. The molecule has 0 spiro atoms. The zero-order valence-corrected chi connectivity index (χ0v) is 20.6. The van der Waals surface area contributed by atoms with E-state index in [2.05, 4.69) is 25.7 Å². The molecule has 0 saturated carbocycles. The van der Waals surface area contributed by atoms with Crippen LogP contribution in [-0.4, -0.2) is 18.8 Å². The van der Waals surface area contributed by atoms with Crippen molar-refractivity contribution < 1.29 is 14.3 Å². The van der Waals surface area contributed by atoms with E-state index in [0.29, 0.717) is 51.2 Å². The number of hydrogen-bond acceptors (Lipinski definition) is 4. The second kappa shape index (κ2) is 8.54. The second-order valence-corrected chi connectivity index (χ2v) is 10.1. The highest BCUT2D eigenvalue weighted by molar-refractivity contribution is 6.35. The maximum absolute atomic E-state index is 13.6. The van der Waals surface area contributed by atoms with Crippen LogP contribution in [0.5, 0.6) is 0 Å². The Morgan fingerprint density at radius 3 is 2.55 bits per heavy atom. The van der Waals surface area contributed by atoms with E-state index in [0.717, 1.165) is 11.3 Å². The van der Waals surface area contributed by atoms with Crippen LogP contribution in [0.15, 0.2) is 54.2 Å². The normalized spacial score (nSPS) is 19.3. The topological polar surface area (TPSA) is 58.6 Å². The molecule has 1 amide bonds. The molecule has 1 atom stereocenters. The summed E-state index contributed by atoms with van der Waals surface area (Å²) in [4.78, 5) is 28.3. The summed E-state index contributed by atoms with van der Waals surface area (Å²) in [6, 6.07) is 10.0. The zero-order chi connectivity index (χ0) is 24.1. The van der Waals surface area contributed by atoms with Gasteiger partial charge in [-0.15, -0.1) is 0 Å². The summed E-state index contributed by atoms with van der Waals surface area (Å²) < 4.78 is 5.31. The number of methoxy groups -OCH3 is 1. The SMILES string of the molecule is C=C(OC)c1ccc2c(c1)NC1=C(C(=O)CC(C)(C)C1)C(c1ccc(Cl)cc1Cl)N2C(C)=O. The Kier molecular flexibility index (Phi) is 6.06. The van der Waals surface area contributed by atoms with Gasteiger partial charge in [-0.3, -0.25) is 14.5 Å². The van der Waals surface area contributed by atoms with Crippen LogP contribution in [0.3, 0.4) is 0 Å². The fourth-order valence-corrected chi connectivity index (χ4v) is 5.21. The monoisotopic (exact) mass is 484 g/mol. The summed E-state index contributed by atoms with van der Waals surface area (Å²) in [6.07, 6.45) is 1.03. The Hall–Kier alpha value is -2.76. The average Bonchev–Trinajstić information content (AvgIpc) is 2.85. The molecule has 0 fully saturated rings. The molecule has 2 aromatic carbocycles. The van der Waals surface area contributed by atoms with Gasteiger partial charge in [-0.1, -0.05) is 49.7 Å². The number of carbonyl (C=O) groups excluding carboxylic acids is 2. The number of allylic oxidation sites excluding steroid dienone is 1. The molecule has 172 valence electrons. The molecular weight excluding hydrogens is 459 g/mol. The Morgan fingerprint density at radius 2 is 1.91 bits per heavy atom. The van der Waals surface area contributed by atoms with Crippen LogP contribution < -0.4 is 10.2 Å². The van der Waals surface area contributed by atoms with E-state index in [1.54, 1.807) is 30.2 Å². The summed E-state index contributed by atoms with van der Waals surface area (Å²) in [5.41, 5.74) is 3.89. The number of rotatable bonds is 3. The first kappa shape index (κ1) is 23.4. The molecule has 2 aromatic rings. The molecule has 7 heteroatoms. The van der Waals surface area contributed by atoms with Crippen LogP contribution in [0, 0.1) is 5.41 Å². The van der Waals surface area contributed by atoms with Gasteiger partial charge in [0, 0.05) is 40.2 Å². The third-order valence-corrected chi connectivity index (χ3v) is 6.72. The first-order chi connectivity index (χ1) is 15.5. The predicted molar refractivity (Wildman–Crippen MR) is 134 cm³/mol. The number of nitrogens with zero attached hydrogens (tertiary/aromatic N) is 1. The highest BCUT2D eigenvalue weighted by atomic mass is 35.5. The van der Waals surface area contributed by atoms with Crippen LogP contribution in [0.1, 0.15) is 50.8 Å². The van der Waals surface area contributed by atoms with E-state index in [1.165, 1.54) is 6.92 Å². The van der Waals surface area contributed by atoms with E-state index < -0.39 is 6.04 Å². The number of anilines is 2. The first-order valence-corrected chi connectivity index (χ1v) is 11.4. The number of carbonyl (C=O) groups is 2. The lowest BCUT2D eigenvalue weighted by atomic mass is 9.73. The van der Waals surface area contributed by atoms with E-state index in [1.807, 2.05) is 18.2 Å². The molecule has 1 N–H and O–H groups in total. The lowest BCUT2D eigenvalue weighted by Gasteiger charge is -2.37. The third kappa shape index (κ3) is 4.28. The van der Waals surface area contributed by atoms with Gasteiger partial charge >= 0.3 is 0 Å². The standard InChI is InChI=1S/C26H26Cl2N2O3/c1-14(33-5)16-6-9-22-20(10-16)29-21-12-26(3,4)13-23(32)24(21)25(30(22)15(2)31)18-8-7-17(27)11-19(18)28/h6-11,25,29H,1,12-13H2,2-5H3. The Morgan fingerprint density at radius 1 is 1.18 bits per heavy atom. The average molecular weight is 485 g/mol. The smallest absolute Gasteiger partial charge is 0.224 e. The number of Topliss-reactive ketones (excluding diaryl/α,β-unsaturated/α-hetero) is 1. The Labute approximate surface area is 204 Å². The molecule has 0 bridgehead atoms. The largest absolute Gasteiger partial charge is 0.497 e. The van der Waals surface area contributed by atoms with Crippen molar-refractivity contribution in [2.24, 2.45) is 5.41 Å². The molecule has 0 saturated heterocycles. The van der Waals surface area contributed by atoms with Crippen molar-refractivity contribution in [1.29, 1.82) is 0 Å². The molecule has 33 heavy (non-hydrogen) atoms. The minimum Gasteiger partial charge on any atom is -0.497 e. The van der Waals surface area contributed by atoms with Crippen molar-refractivity contribution in [3.63, 3.8) is 0 Å². The summed E-state index contributed by atoms with van der Waals surface area (Å²) in [5, 5.41) is 4.37. The van der Waals surface area contributed by atoms with Crippen molar-refractivity contribution in [3.05, 3.63) is 75.4 Å². The van der Waals surface area contributed by atoms with Gasteiger partial charge in [0.05, 0.1) is 24.5 Å². The van der Waals surface area contributed by atoms with Crippen LogP contribution in [-0.2, 0) is 14.3 Å². The number of amides is 1. The lowest BCUT2D eigenvalue weighted by Crippen LogP contribution is -2.38. The molecule has 5 nitrogen and oxygen atoms in total. The molecule has 1 aliphatic heterocycles. The van der Waals surface area contributed by atoms with Gasteiger partial charge in [-0.05, 0) is 47.7 Å². The summed E-state index contributed by atoms with van der Waals surface area (Å²) in [6.45, 7) is 9.57. The molecule has 2 aliphatic rings. The summed E-state index contributed by atoms with van der Waals surface area (Å²) in [7, 11) is 1.56. The molecule has 1 unspecified atom stereocenters. The number of benzene rings is 2. The van der Waals surface area contributed by atoms with Gasteiger partial charge in [0.25, 0.3) is 0 Å². The first-order valence-electron chi connectivity index (χ1n) is 10.7. The fourth-order valence-electron chi connectivity index (χ4n) is 4.70. The maximum atomic E-state index is 13.6. The highest BCUT2D eigenvalue weighted by Crippen LogP contribution is 2.49. The van der Waals surface area contributed by atoms with E-state index in [9.17, 15) is 9.59 Å². The minimum absolute atomic E-state index is 0.00894. The number of halogens is 2. The Balaban J connectivity index is 2.03. The zero-order valence-electron chi connectivity index (χ0n) is 19.1. The number of nitrogens with one attached hydrogen (secondary N) is 1. The maximum Gasteiger partial charge on any atom is 0.224 e. The quantitative estimate of drug-likeness (QED) is 0.488. The third-order valence-electron chi connectivity index (χ3n) is 6.16. The molecule has 4 rings (SSSR count). The molecule has 1 heterocycles. The van der Waals surface area contributed by atoms with Gasteiger partial charge in [0.15, 0.2) is 5.78 Å². The van der Waals surface area contributed by atoms with Gasteiger partial charge in [-0.2, -0.15) is 0 Å².